The lowest BCUT2D eigenvalue weighted by atomic mass is 10.2. The molecule has 0 aromatic carbocycles. The first-order valence-corrected chi connectivity index (χ1v) is 3.73. The maximum atomic E-state index is 9.68. The number of hydrogen-bond acceptors (Lipinski definition) is 3. The molecule has 0 saturated heterocycles. The van der Waals surface area contributed by atoms with Gasteiger partial charge in [0, 0.05) is 7.05 Å². The lowest BCUT2D eigenvalue weighted by Gasteiger charge is -2.02. The fourth-order valence-corrected chi connectivity index (χ4v) is 1.19. The maximum Gasteiger partial charge on any atom is 0.117 e. The van der Waals surface area contributed by atoms with Gasteiger partial charge in [-0.3, -0.25) is 4.68 Å². The molecule has 0 radical (unpaired) electrons. The fraction of sp³-hybridized carbons (Fsp3) is 0.714. The molecule has 1 aliphatic rings. The molecule has 1 aromatic rings. The van der Waals surface area contributed by atoms with Crippen molar-refractivity contribution in [3.8, 4) is 0 Å². The first-order chi connectivity index (χ1) is 5.13. The maximum absolute atomic E-state index is 9.68. The van der Waals surface area contributed by atoms with E-state index in [1.165, 1.54) is 0 Å². The van der Waals surface area contributed by atoms with Crippen LogP contribution in [-0.2, 0) is 12.6 Å². The summed E-state index contributed by atoms with van der Waals surface area (Å²) in [7, 11) is 1.83. The van der Waals surface area contributed by atoms with E-state index < -0.39 is 5.60 Å². The number of nitrogens with zero attached hydrogens (tertiary/aromatic N) is 3. The van der Waals surface area contributed by atoms with Crippen molar-refractivity contribution in [2.45, 2.75) is 25.4 Å². The Kier molecular flexibility index (Phi) is 1.12. The Hall–Kier alpha value is -0.900. The molecule has 4 heteroatoms. The van der Waals surface area contributed by atoms with E-state index in [1.54, 1.807) is 4.68 Å². The third-order valence-electron chi connectivity index (χ3n) is 2.27. The summed E-state index contributed by atoms with van der Waals surface area (Å²) >= 11 is 0. The molecule has 0 bridgehead atoms. The van der Waals surface area contributed by atoms with Gasteiger partial charge in [-0.2, -0.15) is 0 Å². The van der Waals surface area contributed by atoms with Gasteiger partial charge < -0.3 is 5.11 Å². The quantitative estimate of drug-likeness (QED) is 0.622. The highest BCUT2D eigenvalue weighted by atomic mass is 16.3. The van der Waals surface area contributed by atoms with Crippen molar-refractivity contribution in [1.82, 2.24) is 15.0 Å². The van der Waals surface area contributed by atoms with Gasteiger partial charge in [0.1, 0.15) is 11.3 Å². The molecular weight excluding hydrogens is 142 g/mol. The number of aliphatic hydroxyl groups is 1. The molecule has 1 fully saturated rings. The fourth-order valence-electron chi connectivity index (χ4n) is 1.19. The van der Waals surface area contributed by atoms with Crippen LogP contribution in [0, 0.1) is 6.92 Å². The van der Waals surface area contributed by atoms with Crippen LogP contribution in [0.5, 0.6) is 0 Å². The molecule has 1 aromatic heterocycles. The van der Waals surface area contributed by atoms with Crippen LogP contribution in [0.2, 0.25) is 0 Å². The van der Waals surface area contributed by atoms with Crippen molar-refractivity contribution in [1.29, 1.82) is 0 Å². The Balaban J connectivity index is 2.45. The van der Waals surface area contributed by atoms with Gasteiger partial charge in [-0.25, -0.2) is 0 Å². The summed E-state index contributed by atoms with van der Waals surface area (Å²) in [6, 6.07) is 0. The molecule has 4 nitrogen and oxygen atoms in total. The predicted molar refractivity (Wildman–Crippen MR) is 38.9 cm³/mol. The summed E-state index contributed by atoms with van der Waals surface area (Å²) in [6.07, 6.45) is 1.65. The third kappa shape index (κ3) is 0.860. The van der Waals surface area contributed by atoms with Crippen LogP contribution >= 0.6 is 0 Å². The molecular formula is C7H11N3O. The lowest BCUT2D eigenvalue weighted by molar-refractivity contribution is 0.145. The van der Waals surface area contributed by atoms with E-state index in [0.29, 0.717) is 0 Å². The lowest BCUT2D eigenvalue weighted by Crippen LogP contribution is -2.07. The first-order valence-electron chi connectivity index (χ1n) is 3.73. The zero-order valence-electron chi connectivity index (χ0n) is 6.70. The van der Waals surface area contributed by atoms with Crippen LogP contribution in [0.3, 0.4) is 0 Å². The highest BCUT2D eigenvalue weighted by molar-refractivity contribution is 5.22. The topological polar surface area (TPSA) is 50.9 Å². The van der Waals surface area contributed by atoms with Gasteiger partial charge in [-0.05, 0) is 19.8 Å². The number of rotatable bonds is 1. The molecule has 60 valence electrons. The van der Waals surface area contributed by atoms with Crippen LogP contribution in [-0.4, -0.2) is 20.1 Å². The number of aryl methyl sites for hydroxylation is 1. The number of aromatic nitrogens is 3. The zero-order valence-corrected chi connectivity index (χ0v) is 6.70. The minimum atomic E-state index is -0.641. The van der Waals surface area contributed by atoms with E-state index in [4.69, 9.17) is 0 Å². The SMILES string of the molecule is Cc1c(C2(O)CC2)nnn1C. The van der Waals surface area contributed by atoms with E-state index in [1.807, 2.05) is 14.0 Å². The molecule has 0 aliphatic heterocycles. The Bertz CT molecular complexity index is 288. The van der Waals surface area contributed by atoms with Gasteiger partial charge in [0.2, 0.25) is 0 Å². The summed E-state index contributed by atoms with van der Waals surface area (Å²) in [5.41, 5.74) is 1.07. The average molecular weight is 153 g/mol. The van der Waals surface area contributed by atoms with E-state index in [0.717, 1.165) is 24.2 Å². The third-order valence-corrected chi connectivity index (χ3v) is 2.27. The van der Waals surface area contributed by atoms with Gasteiger partial charge in [0.25, 0.3) is 0 Å². The second kappa shape index (κ2) is 1.82. The van der Waals surface area contributed by atoms with Crippen molar-refractivity contribution < 1.29 is 5.11 Å². The van der Waals surface area contributed by atoms with E-state index in [-0.39, 0.29) is 0 Å². The Morgan fingerprint density at radius 1 is 1.55 bits per heavy atom. The minimum Gasteiger partial charge on any atom is -0.383 e. The summed E-state index contributed by atoms with van der Waals surface area (Å²) in [6.45, 7) is 1.92. The van der Waals surface area contributed by atoms with Crippen molar-refractivity contribution >= 4 is 0 Å². The van der Waals surface area contributed by atoms with Crippen LogP contribution in [0.4, 0.5) is 0 Å². The Labute approximate surface area is 64.8 Å². The largest absolute Gasteiger partial charge is 0.383 e. The van der Waals surface area contributed by atoms with Crippen molar-refractivity contribution in [3.63, 3.8) is 0 Å². The second-order valence-electron chi connectivity index (χ2n) is 3.18. The average Bonchev–Trinajstić information content (AvgIpc) is 2.60. The van der Waals surface area contributed by atoms with Crippen LogP contribution < -0.4 is 0 Å². The first kappa shape index (κ1) is 6.79. The van der Waals surface area contributed by atoms with E-state index in [9.17, 15) is 5.11 Å². The molecule has 1 saturated carbocycles. The summed E-state index contributed by atoms with van der Waals surface area (Å²) < 4.78 is 1.69. The van der Waals surface area contributed by atoms with E-state index in [2.05, 4.69) is 10.3 Å². The van der Waals surface area contributed by atoms with Crippen LogP contribution in [0.25, 0.3) is 0 Å². The molecule has 1 N–H and O–H groups in total. The van der Waals surface area contributed by atoms with Crippen molar-refractivity contribution in [2.75, 3.05) is 0 Å². The Morgan fingerprint density at radius 3 is 2.55 bits per heavy atom. The second-order valence-corrected chi connectivity index (χ2v) is 3.18. The molecule has 0 spiro atoms. The van der Waals surface area contributed by atoms with Gasteiger partial charge in [0.15, 0.2) is 0 Å². The Morgan fingerprint density at radius 2 is 2.18 bits per heavy atom. The van der Waals surface area contributed by atoms with Gasteiger partial charge in [0.05, 0.1) is 5.69 Å². The molecule has 0 amide bonds. The molecule has 11 heavy (non-hydrogen) atoms. The summed E-state index contributed by atoms with van der Waals surface area (Å²) in [4.78, 5) is 0. The van der Waals surface area contributed by atoms with Crippen LogP contribution in [0.1, 0.15) is 24.2 Å². The van der Waals surface area contributed by atoms with Crippen LogP contribution in [0.15, 0.2) is 0 Å². The van der Waals surface area contributed by atoms with Gasteiger partial charge >= 0.3 is 0 Å². The highest BCUT2D eigenvalue weighted by Gasteiger charge is 2.46. The van der Waals surface area contributed by atoms with Gasteiger partial charge in [-0.1, -0.05) is 5.21 Å². The summed E-state index contributed by atoms with van der Waals surface area (Å²) in [5.74, 6) is 0. The minimum absolute atomic E-state index is 0.641. The summed E-state index contributed by atoms with van der Waals surface area (Å²) in [5, 5.41) is 17.4. The smallest absolute Gasteiger partial charge is 0.117 e. The monoisotopic (exact) mass is 153 g/mol. The highest BCUT2D eigenvalue weighted by Crippen LogP contribution is 2.45. The van der Waals surface area contributed by atoms with E-state index >= 15 is 0 Å². The van der Waals surface area contributed by atoms with Crippen molar-refractivity contribution in [3.05, 3.63) is 11.4 Å². The molecule has 0 atom stereocenters. The predicted octanol–water partition coefficient (Wildman–Crippen LogP) is 0.105. The molecule has 0 unspecified atom stereocenters. The van der Waals surface area contributed by atoms with Crippen molar-refractivity contribution in [2.24, 2.45) is 7.05 Å². The number of hydrogen-bond donors (Lipinski definition) is 1. The zero-order chi connectivity index (χ0) is 8.06. The molecule has 1 heterocycles. The molecule has 2 rings (SSSR count). The normalized spacial score (nSPS) is 20.3. The van der Waals surface area contributed by atoms with Gasteiger partial charge in [-0.15, -0.1) is 5.10 Å². The standard InChI is InChI=1S/C7H11N3O/c1-5-6(7(11)3-4-7)8-9-10(5)2/h11H,3-4H2,1-2H3. The molecule has 1 aliphatic carbocycles.